The van der Waals surface area contributed by atoms with Crippen LogP contribution in [0.15, 0.2) is 41.3 Å². The maximum atomic E-state index is 12.4. The van der Waals surface area contributed by atoms with Crippen LogP contribution in [-0.4, -0.2) is 47.9 Å². The van der Waals surface area contributed by atoms with Gasteiger partial charge in [-0.1, -0.05) is 0 Å². The minimum atomic E-state index is -5.02. The number of aromatic nitrogens is 1. The third kappa shape index (κ3) is 14.7. The fourth-order valence-electron chi connectivity index (χ4n) is 2.46. The minimum Gasteiger partial charge on any atom is -0.493 e. The molecule has 0 aliphatic heterocycles. The van der Waals surface area contributed by atoms with Gasteiger partial charge < -0.3 is 24.9 Å². The Morgan fingerprint density at radius 1 is 0.919 bits per heavy atom. The monoisotopic (exact) mass is 552 g/mol. The Labute approximate surface area is 203 Å². The average Bonchev–Trinajstić information content (AvgIpc) is 2.74. The molecule has 0 atom stereocenters. The van der Waals surface area contributed by atoms with Gasteiger partial charge in [-0.25, -0.2) is 0 Å². The number of nitrogens with one attached hydrogen (secondary N) is 2. The number of H-pyrrole nitrogens is 1. The van der Waals surface area contributed by atoms with Crippen LogP contribution in [0.4, 0.5) is 45.2 Å². The Hall–Kier alpha value is -3.43. The fraction of sp³-hybridized carbons (Fsp3) is 0.429. The number of rotatable bonds is 9. The van der Waals surface area contributed by atoms with Crippen LogP contribution in [-0.2, 0) is 0 Å². The maximum Gasteiger partial charge on any atom is 0.573 e. The van der Waals surface area contributed by atoms with Crippen molar-refractivity contribution in [1.29, 1.82) is 0 Å². The van der Waals surface area contributed by atoms with Crippen LogP contribution < -0.4 is 20.3 Å². The lowest BCUT2D eigenvalue weighted by atomic mass is 10.1. The molecule has 0 fully saturated rings. The highest BCUT2D eigenvalue weighted by Crippen LogP contribution is 2.30. The van der Waals surface area contributed by atoms with Gasteiger partial charge >= 0.3 is 18.7 Å². The van der Waals surface area contributed by atoms with Crippen molar-refractivity contribution < 1.29 is 58.9 Å². The highest BCUT2D eigenvalue weighted by atomic mass is 19.4. The summed E-state index contributed by atoms with van der Waals surface area (Å²) in [7, 11) is 0. The van der Waals surface area contributed by atoms with E-state index in [9.17, 15) is 49.1 Å². The van der Waals surface area contributed by atoms with Crippen LogP contribution in [0, 0.1) is 0 Å². The summed E-state index contributed by atoms with van der Waals surface area (Å²) in [6.45, 7) is -0.816. The first-order valence-corrected chi connectivity index (χ1v) is 10.3. The van der Waals surface area contributed by atoms with E-state index >= 15 is 0 Å². The van der Waals surface area contributed by atoms with E-state index in [4.69, 9.17) is 9.84 Å². The normalized spacial score (nSPS) is 11.8. The summed E-state index contributed by atoms with van der Waals surface area (Å²) in [5, 5.41) is 10.2. The molecule has 0 unspecified atom stereocenters. The number of ether oxygens (including phenoxy) is 2. The van der Waals surface area contributed by atoms with Gasteiger partial charge in [0, 0.05) is 37.4 Å². The minimum absolute atomic E-state index is 0.0453. The number of hydrogen-bond donors (Lipinski definition) is 3. The average molecular weight is 552 g/mol. The number of carbonyl (C=O) groups is 1. The van der Waals surface area contributed by atoms with E-state index in [2.05, 4.69) is 15.0 Å². The number of aliphatic hydroxyl groups is 1. The standard InChI is InChI=1S/C17H14F6N2O4.C4H7F3O/c18-16(19,20)5-1-7-28-13-3-2-11(29-17(21,22)23)9-12(13)15(27)25-10-4-6-24-14(26)8-10;5-4(6,7)2-1-3-8/h2-4,6,8-9H,1,5,7H2,(H2,24,25,26,27);8H,1-3H2. The molecular weight excluding hydrogens is 531 g/mol. The third-order valence-corrected chi connectivity index (χ3v) is 3.94. The molecule has 0 saturated heterocycles. The summed E-state index contributed by atoms with van der Waals surface area (Å²) < 4.78 is 116. The van der Waals surface area contributed by atoms with Crippen LogP contribution in [0.5, 0.6) is 11.5 Å². The van der Waals surface area contributed by atoms with E-state index < -0.39 is 67.4 Å². The zero-order valence-electron chi connectivity index (χ0n) is 18.7. The van der Waals surface area contributed by atoms with Crippen molar-refractivity contribution in [3.63, 3.8) is 0 Å². The van der Waals surface area contributed by atoms with Gasteiger partial charge in [0.05, 0.1) is 12.2 Å². The zero-order valence-corrected chi connectivity index (χ0v) is 18.7. The summed E-state index contributed by atoms with van der Waals surface area (Å²) in [4.78, 5) is 26.0. The smallest absolute Gasteiger partial charge is 0.493 e. The van der Waals surface area contributed by atoms with Crippen molar-refractivity contribution in [3.05, 3.63) is 52.4 Å². The molecule has 1 aromatic heterocycles. The molecular formula is C21H21F9N2O5. The quantitative estimate of drug-likeness (QED) is 0.279. The van der Waals surface area contributed by atoms with E-state index in [-0.39, 0.29) is 24.5 Å². The second kappa shape index (κ2) is 13.8. The van der Waals surface area contributed by atoms with Crippen LogP contribution in [0.25, 0.3) is 0 Å². The van der Waals surface area contributed by atoms with Gasteiger partial charge in [0.15, 0.2) is 0 Å². The predicted molar refractivity (Wildman–Crippen MR) is 111 cm³/mol. The number of benzene rings is 1. The number of amides is 1. The number of halogens is 9. The number of aromatic amines is 1. The lowest BCUT2D eigenvalue weighted by Gasteiger charge is -2.15. The molecule has 208 valence electrons. The highest BCUT2D eigenvalue weighted by Gasteiger charge is 2.32. The molecule has 1 aromatic carbocycles. The van der Waals surface area contributed by atoms with Crippen LogP contribution in [0.1, 0.15) is 36.0 Å². The first-order chi connectivity index (χ1) is 17.0. The molecule has 7 nitrogen and oxygen atoms in total. The SMILES string of the molecule is O=C(Nc1cc[nH]c(=O)c1)c1cc(OC(F)(F)F)ccc1OCCCC(F)(F)F.OCCCC(F)(F)F. The molecule has 0 aliphatic rings. The number of alkyl halides is 9. The lowest BCUT2D eigenvalue weighted by molar-refractivity contribution is -0.274. The van der Waals surface area contributed by atoms with Crippen LogP contribution in [0.3, 0.4) is 0 Å². The molecule has 2 rings (SSSR count). The number of aliphatic hydroxyl groups excluding tert-OH is 1. The summed E-state index contributed by atoms with van der Waals surface area (Å²) in [6, 6.07) is 4.91. The number of anilines is 1. The van der Waals surface area contributed by atoms with Crippen molar-refractivity contribution in [2.45, 2.75) is 44.4 Å². The van der Waals surface area contributed by atoms with E-state index in [0.717, 1.165) is 24.3 Å². The molecule has 0 aliphatic carbocycles. The Kier molecular flexibility index (Phi) is 11.8. The first kappa shape index (κ1) is 31.6. The van der Waals surface area contributed by atoms with Gasteiger partial charge in [0.2, 0.25) is 5.56 Å². The zero-order chi connectivity index (χ0) is 28.3. The maximum absolute atomic E-state index is 12.4. The molecule has 0 bridgehead atoms. The molecule has 0 saturated carbocycles. The summed E-state index contributed by atoms with van der Waals surface area (Å²) >= 11 is 0. The van der Waals surface area contributed by atoms with Crippen molar-refractivity contribution in [3.8, 4) is 11.5 Å². The predicted octanol–water partition coefficient (Wildman–Crippen LogP) is 5.57. The molecule has 1 amide bonds. The van der Waals surface area contributed by atoms with Crippen LogP contribution in [0.2, 0.25) is 0 Å². The van der Waals surface area contributed by atoms with Crippen LogP contribution >= 0.6 is 0 Å². The molecule has 3 N–H and O–H groups in total. The number of hydrogen-bond acceptors (Lipinski definition) is 5. The van der Waals surface area contributed by atoms with Gasteiger partial charge in [-0.2, -0.15) is 26.3 Å². The second-order valence-corrected chi connectivity index (χ2v) is 7.11. The van der Waals surface area contributed by atoms with Crippen molar-refractivity contribution >= 4 is 11.6 Å². The molecule has 0 radical (unpaired) electrons. The Bertz CT molecular complexity index is 1050. The third-order valence-electron chi connectivity index (χ3n) is 3.94. The topological polar surface area (TPSA) is 101 Å². The molecule has 2 aromatic rings. The Morgan fingerprint density at radius 2 is 1.54 bits per heavy atom. The number of pyridine rings is 1. The van der Waals surface area contributed by atoms with Gasteiger partial charge in [-0.05, 0) is 37.1 Å². The van der Waals surface area contributed by atoms with Gasteiger partial charge in [0.1, 0.15) is 11.5 Å². The van der Waals surface area contributed by atoms with Gasteiger partial charge in [-0.3, -0.25) is 9.59 Å². The van der Waals surface area contributed by atoms with Crippen molar-refractivity contribution in [2.24, 2.45) is 0 Å². The van der Waals surface area contributed by atoms with E-state index in [1.54, 1.807) is 0 Å². The van der Waals surface area contributed by atoms with E-state index in [1.807, 2.05) is 0 Å². The Balaban J connectivity index is 0.000000738. The molecule has 37 heavy (non-hydrogen) atoms. The van der Waals surface area contributed by atoms with Crippen molar-refractivity contribution in [1.82, 2.24) is 4.98 Å². The van der Waals surface area contributed by atoms with Gasteiger partial charge in [-0.15, -0.1) is 13.2 Å². The van der Waals surface area contributed by atoms with E-state index in [0.29, 0.717) is 0 Å². The lowest BCUT2D eigenvalue weighted by Crippen LogP contribution is -2.19. The number of carbonyl (C=O) groups excluding carboxylic acids is 1. The second-order valence-electron chi connectivity index (χ2n) is 7.11. The highest BCUT2D eigenvalue weighted by molar-refractivity contribution is 6.06. The van der Waals surface area contributed by atoms with Gasteiger partial charge in [0.25, 0.3) is 5.91 Å². The Morgan fingerprint density at radius 3 is 2.05 bits per heavy atom. The molecule has 16 heteroatoms. The summed E-state index contributed by atoms with van der Waals surface area (Å²) in [5.41, 5.74) is -0.913. The van der Waals surface area contributed by atoms with E-state index in [1.165, 1.54) is 12.3 Å². The summed E-state index contributed by atoms with van der Waals surface area (Å²) in [5.74, 6) is -1.92. The molecule has 0 spiro atoms. The summed E-state index contributed by atoms with van der Waals surface area (Å²) in [6.07, 6.45) is -14.9. The fourth-order valence-corrected chi connectivity index (χ4v) is 2.46. The van der Waals surface area contributed by atoms with Crippen molar-refractivity contribution in [2.75, 3.05) is 18.5 Å². The largest absolute Gasteiger partial charge is 0.573 e. The first-order valence-electron chi connectivity index (χ1n) is 10.3. The molecule has 1 heterocycles.